The topological polar surface area (TPSA) is 86.1 Å². The Hall–Kier alpha value is -3.52. The minimum absolute atomic E-state index is 0.163. The van der Waals surface area contributed by atoms with E-state index in [1.165, 1.54) is 4.68 Å². The first-order chi connectivity index (χ1) is 15.1. The molecule has 0 aliphatic heterocycles. The number of amides is 1. The number of aromatic nitrogens is 3. The second-order valence-electron chi connectivity index (χ2n) is 6.84. The molecule has 0 aliphatic rings. The quantitative estimate of drug-likeness (QED) is 0.457. The summed E-state index contributed by atoms with van der Waals surface area (Å²) in [6.07, 6.45) is 3.38. The largest absolute Gasteiger partial charge is 0.497 e. The van der Waals surface area contributed by atoms with Gasteiger partial charge in [0, 0.05) is 22.3 Å². The molecule has 1 N–H and O–H groups in total. The van der Waals surface area contributed by atoms with Crippen LogP contribution in [0.15, 0.2) is 76.3 Å². The Bertz CT molecular complexity index is 1310. The Balaban J connectivity index is 1.66. The number of methoxy groups -OCH3 is 1. The van der Waals surface area contributed by atoms with Crippen molar-refractivity contribution in [3.63, 3.8) is 0 Å². The Labute approximate surface area is 186 Å². The van der Waals surface area contributed by atoms with Gasteiger partial charge in [0.2, 0.25) is 0 Å². The maximum absolute atomic E-state index is 12.9. The molecular formula is C23H19BrN4O3. The lowest BCUT2D eigenvalue weighted by Crippen LogP contribution is -2.29. The van der Waals surface area contributed by atoms with E-state index in [4.69, 9.17) is 4.74 Å². The van der Waals surface area contributed by atoms with Crippen molar-refractivity contribution in [1.82, 2.24) is 20.1 Å². The fourth-order valence-electron chi connectivity index (χ4n) is 3.27. The molecule has 0 fully saturated rings. The van der Waals surface area contributed by atoms with Gasteiger partial charge in [-0.05, 0) is 51.8 Å². The lowest BCUT2D eigenvalue weighted by molar-refractivity contribution is 0.0949. The average molecular weight is 479 g/mol. The van der Waals surface area contributed by atoms with Crippen molar-refractivity contribution in [3.05, 3.63) is 98.6 Å². The molecule has 4 rings (SSSR count). The van der Waals surface area contributed by atoms with Crippen molar-refractivity contribution < 1.29 is 9.53 Å². The maximum Gasteiger partial charge on any atom is 0.274 e. The van der Waals surface area contributed by atoms with E-state index in [1.807, 2.05) is 30.3 Å². The second-order valence-corrected chi connectivity index (χ2v) is 7.70. The van der Waals surface area contributed by atoms with Crippen LogP contribution in [0.2, 0.25) is 0 Å². The van der Waals surface area contributed by atoms with Crippen LogP contribution in [-0.4, -0.2) is 27.8 Å². The molecule has 0 bridgehead atoms. The average Bonchev–Trinajstić information content (AvgIpc) is 2.81. The number of pyridine rings is 1. The standard InChI is InChI=1S/C23H19BrN4O3/c1-31-16-8-9-20(24)19(11-16)22(29)26-13-21-17-6-2-3-7-18(17)23(30)28(27-21)14-15-5-4-10-25-12-15/h2-12H,13-14H2,1H3,(H,26,29). The van der Waals surface area contributed by atoms with E-state index in [0.29, 0.717) is 38.8 Å². The molecule has 0 aliphatic carbocycles. The molecule has 0 radical (unpaired) electrons. The number of benzene rings is 2. The van der Waals surface area contributed by atoms with Crippen molar-refractivity contribution >= 4 is 32.6 Å². The molecule has 0 saturated heterocycles. The first-order valence-electron chi connectivity index (χ1n) is 9.56. The van der Waals surface area contributed by atoms with Crippen LogP contribution in [0, 0.1) is 0 Å². The number of halogens is 1. The summed E-state index contributed by atoms with van der Waals surface area (Å²) in [5.74, 6) is 0.309. The minimum Gasteiger partial charge on any atom is -0.497 e. The summed E-state index contributed by atoms with van der Waals surface area (Å²) in [6, 6.07) is 16.2. The van der Waals surface area contributed by atoms with Crippen LogP contribution in [0.4, 0.5) is 0 Å². The van der Waals surface area contributed by atoms with Crippen LogP contribution in [0.3, 0.4) is 0 Å². The van der Waals surface area contributed by atoms with Gasteiger partial charge in [0.05, 0.1) is 36.8 Å². The van der Waals surface area contributed by atoms with Gasteiger partial charge in [-0.3, -0.25) is 14.6 Å². The molecule has 0 saturated carbocycles. The number of ether oxygens (including phenoxy) is 1. The molecule has 8 heteroatoms. The highest BCUT2D eigenvalue weighted by molar-refractivity contribution is 9.10. The van der Waals surface area contributed by atoms with Crippen molar-refractivity contribution in [1.29, 1.82) is 0 Å². The summed E-state index contributed by atoms with van der Waals surface area (Å²) in [5.41, 5.74) is 1.73. The highest BCUT2D eigenvalue weighted by Gasteiger charge is 2.15. The summed E-state index contributed by atoms with van der Waals surface area (Å²) in [5, 5.41) is 8.70. The zero-order valence-electron chi connectivity index (χ0n) is 16.7. The molecule has 7 nitrogen and oxygen atoms in total. The van der Waals surface area contributed by atoms with Gasteiger partial charge in [-0.1, -0.05) is 24.3 Å². The number of carbonyl (C=O) groups is 1. The molecule has 0 unspecified atom stereocenters. The highest BCUT2D eigenvalue weighted by Crippen LogP contribution is 2.22. The van der Waals surface area contributed by atoms with Crippen LogP contribution in [-0.2, 0) is 13.1 Å². The normalized spacial score (nSPS) is 10.8. The monoisotopic (exact) mass is 478 g/mol. The maximum atomic E-state index is 12.9. The Kier molecular flexibility index (Phi) is 6.08. The highest BCUT2D eigenvalue weighted by atomic mass is 79.9. The lowest BCUT2D eigenvalue weighted by Gasteiger charge is -2.13. The van der Waals surface area contributed by atoms with E-state index < -0.39 is 0 Å². The number of rotatable bonds is 6. The first kappa shape index (κ1) is 20.7. The van der Waals surface area contributed by atoms with Gasteiger partial charge in [-0.25, -0.2) is 4.68 Å². The summed E-state index contributed by atoms with van der Waals surface area (Å²) in [6.45, 7) is 0.455. The Morgan fingerprint density at radius 1 is 1.13 bits per heavy atom. The molecular weight excluding hydrogens is 460 g/mol. The summed E-state index contributed by atoms with van der Waals surface area (Å²) in [4.78, 5) is 29.8. The van der Waals surface area contributed by atoms with Crippen LogP contribution >= 0.6 is 15.9 Å². The van der Waals surface area contributed by atoms with Crippen LogP contribution in [0.25, 0.3) is 10.8 Å². The second kappa shape index (κ2) is 9.09. The van der Waals surface area contributed by atoms with E-state index in [9.17, 15) is 9.59 Å². The number of carbonyl (C=O) groups excluding carboxylic acids is 1. The molecule has 2 aromatic heterocycles. The molecule has 2 aromatic carbocycles. The SMILES string of the molecule is COc1ccc(Br)c(C(=O)NCc2nn(Cc3cccnc3)c(=O)c3ccccc23)c1. The Morgan fingerprint density at radius 2 is 1.94 bits per heavy atom. The van der Waals surface area contributed by atoms with Gasteiger partial charge in [0.1, 0.15) is 5.75 Å². The van der Waals surface area contributed by atoms with E-state index >= 15 is 0 Å². The van der Waals surface area contributed by atoms with Crippen LogP contribution in [0.1, 0.15) is 21.6 Å². The number of nitrogens with zero attached hydrogens (tertiary/aromatic N) is 3. The van der Waals surface area contributed by atoms with E-state index in [-0.39, 0.29) is 18.0 Å². The predicted molar refractivity (Wildman–Crippen MR) is 121 cm³/mol. The molecule has 1 amide bonds. The van der Waals surface area contributed by atoms with Gasteiger partial charge >= 0.3 is 0 Å². The van der Waals surface area contributed by atoms with Crippen LogP contribution < -0.4 is 15.6 Å². The third kappa shape index (κ3) is 4.49. The molecule has 0 atom stereocenters. The van der Waals surface area contributed by atoms with Crippen molar-refractivity contribution in [2.45, 2.75) is 13.1 Å². The number of nitrogens with one attached hydrogen (secondary N) is 1. The summed E-state index contributed by atoms with van der Waals surface area (Å²) >= 11 is 3.40. The smallest absolute Gasteiger partial charge is 0.274 e. The van der Waals surface area contributed by atoms with Gasteiger partial charge in [-0.15, -0.1) is 0 Å². The molecule has 2 heterocycles. The number of hydrogen-bond donors (Lipinski definition) is 1. The molecule has 0 spiro atoms. The van der Waals surface area contributed by atoms with Gasteiger partial charge < -0.3 is 10.1 Å². The fourth-order valence-corrected chi connectivity index (χ4v) is 3.70. The lowest BCUT2D eigenvalue weighted by atomic mass is 10.1. The fraction of sp³-hybridized carbons (Fsp3) is 0.130. The predicted octanol–water partition coefficient (Wildman–Crippen LogP) is 3.54. The minimum atomic E-state index is -0.276. The van der Waals surface area contributed by atoms with Crippen molar-refractivity contribution in [2.75, 3.05) is 7.11 Å². The van der Waals surface area contributed by atoms with Gasteiger partial charge in [0.25, 0.3) is 11.5 Å². The number of fused-ring (bicyclic) bond motifs is 1. The van der Waals surface area contributed by atoms with Crippen molar-refractivity contribution in [2.24, 2.45) is 0 Å². The van der Waals surface area contributed by atoms with E-state index in [2.05, 4.69) is 31.3 Å². The summed E-state index contributed by atoms with van der Waals surface area (Å²) in [7, 11) is 1.55. The first-order valence-corrected chi connectivity index (χ1v) is 10.4. The summed E-state index contributed by atoms with van der Waals surface area (Å²) < 4.78 is 7.27. The molecule has 31 heavy (non-hydrogen) atoms. The van der Waals surface area contributed by atoms with Gasteiger partial charge in [0.15, 0.2) is 0 Å². The zero-order chi connectivity index (χ0) is 21.8. The Morgan fingerprint density at radius 3 is 2.68 bits per heavy atom. The van der Waals surface area contributed by atoms with E-state index in [0.717, 1.165) is 5.56 Å². The molecule has 156 valence electrons. The number of hydrogen-bond acceptors (Lipinski definition) is 5. The van der Waals surface area contributed by atoms with Gasteiger partial charge in [-0.2, -0.15) is 5.10 Å². The third-order valence-corrected chi connectivity index (χ3v) is 5.53. The third-order valence-electron chi connectivity index (χ3n) is 4.83. The van der Waals surface area contributed by atoms with Crippen molar-refractivity contribution in [3.8, 4) is 5.75 Å². The molecule has 4 aromatic rings. The van der Waals surface area contributed by atoms with Crippen LogP contribution in [0.5, 0.6) is 5.75 Å². The zero-order valence-corrected chi connectivity index (χ0v) is 18.3. The van der Waals surface area contributed by atoms with E-state index in [1.54, 1.807) is 43.8 Å².